The summed E-state index contributed by atoms with van der Waals surface area (Å²) < 4.78 is 1.72. The zero-order valence-electron chi connectivity index (χ0n) is 17.0. The van der Waals surface area contributed by atoms with Crippen molar-refractivity contribution < 1.29 is 9.59 Å². The molecule has 154 valence electrons. The first kappa shape index (κ1) is 19.6. The molecule has 1 aromatic carbocycles. The smallest absolute Gasteiger partial charge is 0.273 e. The van der Waals surface area contributed by atoms with E-state index >= 15 is 0 Å². The molecule has 7 heteroatoms. The van der Waals surface area contributed by atoms with E-state index in [0.29, 0.717) is 24.7 Å². The van der Waals surface area contributed by atoms with Gasteiger partial charge in [-0.1, -0.05) is 35.0 Å². The highest BCUT2D eigenvalue weighted by Crippen LogP contribution is 2.22. The van der Waals surface area contributed by atoms with Crippen molar-refractivity contribution in [1.82, 2.24) is 25.2 Å². The van der Waals surface area contributed by atoms with Crippen molar-refractivity contribution in [3.63, 3.8) is 0 Å². The van der Waals surface area contributed by atoms with Gasteiger partial charge in [-0.2, -0.15) is 0 Å². The van der Waals surface area contributed by atoms with E-state index in [1.807, 2.05) is 17.0 Å². The molecule has 2 aromatic rings. The summed E-state index contributed by atoms with van der Waals surface area (Å²) in [6.07, 6.45) is 8.31. The van der Waals surface area contributed by atoms with Crippen molar-refractivity contribution >= 4 is 11.8 Å². The van der Waals surface area contributed by atoms with Gasteiger partial charge in [0.15, 0.2) is 5.69 Å². The maximum absolute atomic E-state index is 12.9. The highest BCUT2D eigenvalue weighted by atomic mass is 16.2. The number of carbonyl (C=O) groups is 2. The number of amides is 2. The van der Waals surface area contributed by atoms with Crippen LogP contribution in [0.25, 0.3) is 0 Å². The number of aromatic nitrogens is 3. The number of nitrogens with one attached hydrogen (secondary N) is 1. The molecule has 1 saturated carbocycles. The zero-order chi connectivity index (χ0) is 20.2. The Balaban J connectivity index is 1.33. The third-order valence-electron chi connectivity index (χ3n) is 5.76. The van der Waals surface area contributed by atoms with Gasteiger partial charge in [0.1, 0.15) is 0 Å². The lowest BCUT2D eigenvalue weighted by molar-refractivity contribution is -0.134. The largest absolute Gasteiger partial charge is 0.348 e. The van der Waals surface area contributed by atoms with E-state index in [1.165, 1.54) is 5.56 Å². The predicted molar refractivity (Wildman–Crippen MR) is 109 cm³/mol. The molecule has 29 heavy (non-hydrogen) atoms. The third kappa shape index (κ3) is 5.22. The molecule has 1 atom stereocenters. The second-order valence-corrected chi connectivity index (χ2v) is 8.31. The van der Waals surface area contributed by atoms with Gasteiger partial charge in [0.2, 0.25) is 5.91 Å². The number of piperidine rings is 1. The second-order valence-electron chi connectivity index (χ2n) is 8.31. The topological polar surface area (TPSA) is 80.1 Å². The molecule has 1 saturated heterocycles. The molecule has 4 rings (SSSR count). The Morgan fingerprint density at radius 1 is 1.21 bits per heavy atom. The summed E-state index contributed by atoms with van der Waals surface area (Å²) in [5, 5.41) is 11.0. The molecule has 1 unspecified atom stereocenters. The molecule has 0 radical (unpaired) electrons. The molecule has 1 aromatic heterocycles. The van der Waals surface area contributed by atoms with Gasteiger partial charge in [0, 0.05) is 25.2 Å². The molecule has 2 aliphatic rings. The van der Waals surface area contributed by atoms with Crippen molar-refractivity contribution in [3.8, 4) is 0 Å². The third-order valence-corrected chi connectivity index (χ3v) is 5.76. The number of nitrogens with zero attached hydrogens (tertiary/aromatic N) is 4. The minimum atomic E-state index is -0.147. The van der Waals surface area contributed by atoms with Gasteiger partial charge in [0.25, 0.3) is 5.91 Å². The Morgan fingerprint density at radius 2 is 2.07 bits per heavy atom. The number of hydrogen-bond donors (Lipinski definition) is 1. The average Bonchev–Trinajstić information content (AvgIpc) is 3.39. The standard InChI is InChI=1S/C22H29N5O2/c1-16-5-4-6-17(13-16)14-21(28)27-11-3-2-7-19(27)10-12-26-15-20(24-25-26)22(29)23-18-8-9-18/h4-6,13,15,18-19H,2-3,7-12,14H2,1H3,(H,23,29). The summed E-state index contributed by atoms with van der Waals surface area (Å²) in [6.45, 7) is 3.53. The number of aryl methyl sites for hydroxylation is 2. The number of rotatable bonds is 7. The van der Waals surface area contributed by atoms with Crippen LogP contribution in [0, 0.1) is 6.92 Å². The van der Waals surface area contributed by atoms with Crippen molar-refractivity contribution in [2.45, 2.75) is 70.5 Å². The van der Waals surface area contributed by atoms with E-state index in [2.05, 4.69) is 34.7 Å². The molecule has 7 nitrogen and oxygen atoms in total. The van der Waals surface area contributed by atoms with Crippen LogP contribution in [0.1, 0.15) is 60.1 Å². The van der Waals surface area contributed by atoms with Gasteiger partial charge >= 0.3 is 0 Å². The van der Waals surface area contributed by atoms with Gasteiger partial charge in [0.05, 0.1) is 12.6 Å². The van der Waals surface area contributed by atoms with Gasteiger partial charge in [-0.15, -0.1) is 5.10 Å². The Hall–Kier alpha value is -2.70. The molecule has 2 fully saturated rings. The number of hydrogen-bond acceptors (Lipinski definition) is 4. The quantitative estimate of drug-likeness (QED) is 0.781. The highest BCUT2D eigenvalue weighted by molar-refractivity contribution is 5.92. The van der Waals surface area contributed by atoms with Crippen LogP contribution in [0.15, 0.2) is 30.5 Å². The van der Waals surface area contributed by atoms with Crippen LogP contribution in [0.2, 0.25) is 0 Å². The molecule has 1 aliphatic heterocycles. The summed E-state index contributed by atoms with van der Waals surface area (Å²) in [6, 6.07) is 8.69. The van der Waals surface area contributed by atoms with Gasteiger partial charge in [-0.3, -0.25) is 14.3 Å². The summed E-state index contributed by atoms with van der Waals surface area (Å²) in [4.78, 5) is 27.1. The molecule has 0 spiro atoms. The van der Waals surface area contributed by atoms with Crippen LogP contribution < -0.4 is 5.32 Å². The molecule has 1 N–H and O–H groups in total. The van der Waals surface area contributed by atoms with E-state index in [-0.39, 0.29) is 17.9 Å². The summed E-state index contributed by atoms with van der Waals surface area (Å²) >= 11 is 0. The van der Waals surface area contributed by atoms with Crippen LogP contribution in [0.4, 0.5) is 0 Å². The Bertz CT molecular complexity index is 874. The van der Waals surface area contributed by atoms with Crippen LogP contribution in [0.5, 0.6) is 0 Å². The molecule has 2 amide bonds. The minimum absolute atomic E-state index is 0.147. The molecular weight excluding hydrogens is 366 g/mol. The normalized spacial score (nSPS) is 19.2. The van der Waals surface area contributed by atoms with E-state index in [1.54, 1.807) is 10.9 Å². The van der Waals surface area contributed by atoms with Crippen molar-refractivity contribution in [2.75, 3.05) is 6.54 Å². The average molecular weight is 396 g/mol. The molecular formula is C22H29N5O2. The van der Waals surface area contributed by atoms with E-state index in [0.717, 1.165) is 50.6 Å². The van der Waals surface area contributed by atoms with Gasteiger partial charge in [-0.05, 0) is 51.0 Å². The zero-order valence-corrected chi connectivity index (χ0v) is 17.0. The second kappa shape index (κ2) is 8.76. The first-order chi connectivity index (χ1) is 14.1. The van der Waals surface area contributed by atoms with E-state index in [9.17, 15) is 9.59 Å². The fourth-order valence-corrected chi connectivity index (χ4v) is 4.01. The van der Waals surface area contributed by atoms with Gasteiger partial charge in [-0.25, -0.2) is 0 Å². The number of carbonyl (C=O) groups excluding carboxylic acids is 2. The van der Waals surface area contributed by atoms with Crippen LogP contribution in [-0.2, 0) is 17.8 Å². The summed E-state index contributed by atoms with van der Waals surface area (Å²) in [5.41, 5.74) is 2.62. The first-order valence-corrected chi connectivity index (χ1v) is 10.6. The number of likely N-dealkylation sites (tertiary alicyclic amines) is 1. The Labute approximate surface area is 171 Å². The van der Waals surface area contributed by atoms with Crippen LogP contribution in [-0.4, -0.2) is 50.3 Å². The van der Waals surface area contributed by atoms with E-state index < -0.39 is 0 Å². The highest BCUT2D eigenvalue weighted by Gasteiger charge is 2.27. The molecule has 2 heterocycles. The maximum Gasteiger partial charge on any atom is 0.273 e. The predicted octanol–water partition coefficient (Wildman–Crippen LogP) is 2.49. The monoisotopic (exact) mass is 395 g/mol. The number of benzene rings is 1. The maximum atomic E-state index is 12.9. The van der Waals surface area contributed by atoms with Crippen molar-refractivity contribution in [3.05, 3.63) is 47.3 Å². The lowest BCUT2D eigenvalue weighted by Crippen LogP contribution is -2.44. The van der Waals surface area contributed by atoms with Gasteiger partial charge < -0.3 is 10.2 Å². The van der Waals surface area contributed by atoms with Crippen molar-refractivity contribution in [1.29, 1.82) is 0 Å². The Kier molecular flexibility index (Phi) is 5.92. The fourth-order valence-electron chi connectivity index (χ4n) is 4.01. The molecule has 0 bridgehead atoms. The van der Waals surface area contributed by atoms with Crippen molar-refractivity contribution in [2.24, 2.45) is 0 Å². The SMILES string of the molecule is Cc1cccc(CC(=O)N2CCCCC2CCn2cc(C(=O)NC3CC3)nn2)c1. The van der Waals surface area contributed by atoms with Crippen LogP contribution in [0.3, 0.4) is 0 Å². The van der Waals surface area contributed by atoms with E-state index in [4.69, 9.17) is 0 Å². The lowest BCUT2D eigenvalue weighted by Gasteiger charge is -2.36. The summed E-state index contributed by atoms with van der Waals surface area (Å²) in [5.74, 6) is 0.0507. The summed E-state index contributed by atoms with van der Waals surface area (Å²) in [7, 11) is 0. The fraction of sp³-hybridized carbons (Fsp3) is 0.545. The Morgan fingerprint density at radius 3 is 2.86 bits per heavy atom. The molecule has 1 aliphatic carbocycles. The van der Waals surface area contributed by atoms with Crippen LogP contribution >= 0.6 is 0 Å². The minimum Gasteiger partial charge on any atom is -0.348 e. The lowest BCUT2D eigenvalue weighted by atomic mass is 9.98. The first-order valence-electron chi connectivity index (χ1n) is 10.6.